The van der Waals surface area contributed by atoms with Crippen molar-refractivity contribution in [3.05, 3.63) is 41.7 Å². The fourth-order valence-corrected chi connectivity index (χ4v) is 4.94. The standard InChI is InChI=1S/C27H36N6O/c1-27(2,3)25(34)22-16-28-26-24(22)30-23(17-29-26)20-13-19(18-32-11-9-31(4)10-12-32)14-21(15-20)33-7-5-6-8-33/h13-17H,5-12,18H2,1-4H3,(H,28,29). The van der Waals surface area contributed by atoms with Crippen LogP contribution in [0, 0.1) is 5.41 Å². The topological polar surface area (TPSA) is 68.4 Å². The van der Waals surface area contributed by atoms with E-state index in [1.165, 1.54) is 24.1 Å². The number of fused-ring (bicyclic) bond motifs is 1. The van der Waals surface area contributed by atoms with Crippen LogP contribution in [0.2, 0.25) is 0 Å². The molecule has 2 aromatic heterocycles. The van der Waals surface area contributed by atoms with Crippen LogP contribution in [0.4, 0.5) is 5.69 Å². The molecule has 0 unspecified atom stereocenters. The fraction of sp³-hybridized carbons (Fsp3) is 0.519. The monoisotopic (exact) mass is 460 g/mol. The molecular weight excluding hydrogens is 424 g/mol. The number of hydrogen-bond acceptors (Lipinski definition) is 6. The summed E-state index contributed by atoms with van der Waals surface area (Å²) in [6, 6.07) is 6.85. The molecule has 2 saturated heterocycles. The third-order valence-electron chi connectivity index (χ3n) is 7.05. The molecule has 34 heavy (non-hydrogen) atoms. The summed E-state index contributed by atoms with van der Waals surface area (Å²) < 4.78 is 0. The Kier molecular flexibility index (Phi) is 6.16. The van der Waals surface area contributed by atoms with E-state index in [0.29, 0.717) is 16.7 Å². The molecule has 0 atom stereocenters. The molecule has 4 heterocycles. The first kappa shape index (κ1) is 23.0. The number of hydrogen-bond donors (Lipinski definition) is 1. The zero-order valence-electron chi connectivity index (χ0n) is 20.9. The smallest absolute Gasteiger partial charge is 0.171 e. The molecular formula is C27H36N6O. The number of carbonyl (C=O) groups is 1. The van der Waals surface area contributed by atoms with Gasteiger partial charge in [-0.05, 0) is 43.7 Å². The van der Waals surface area contributed by atoms with E-state index in [2.05, 4.69) is 49.9 Å². The number of piperazine rings is 1. The van der Waals surface area contributed by atoms with Crippen molar-refractivity contribution >= 4 is 22.6 Å². The number of Topliss-reactive ketones (excluding diaryl/α,β-unsaturated/α-hetero) is 1. The van der Waals surface area contributed by atoms with Gasteiger partial charge >= 0.3 is 0 Å². The minimum atomic E-state index is -0.474. The van der Waals surface area contributed by atoms with Crippen LogP contribution in [-0.4, -0.2) is 76.9 Å². The lowest BCUT2D eigenvalue weighted by atomic mass is 9.87. The Morgan fingerprint density at radius 3 is 2.47 bits per heavy atom. The average molecular weight is 461 g/mol. The van der Waals surface area contributed by atoms with Gasteiger partial charge in [0.2, 0.25) is 0 Å². The molecule has 0 saturated carbocycles. The zero-order valence-corrected chi connectivity index (χ0v) is 20.9. The van der Waals surface area contributed by atoms with Crippen LogP contribution in [0.5, 0.6) is 0 Å². The van der Waals surface area contributed by atoms with Crippen LogP contribution >= 0.6 is 0 Å². The number of likely N-dealkylation sites (N-methyl/N-ethyl adjacent to an activating group) is 1. The maximum atomic E-state index is 13.0. The number of carbonyl (C=O) groups excluding carboxylic acids is 1. The van der Waals surface area contributed by atoms with E-state index in [0.717, 1.165) is 57.1 Å². The van der Waals surface area contributed by atoms with Crippen molar-refractivity contribution in [2.75, 3.05) is 51.2 Å². The number of nitrogens with zero attached hydrogens (tertiary/aromatic N) is 5. The van der Waals surface area contributed by atoms with E-state index in [1.807, 2.05) is 27.0 Å². The summed E-state index contributed by atoms with van der Waals surface area (Å²) in [5, 5.41) is 0. The third kappa shape index (κ3) is 4.72. The summed E-state index contributed by atoms with van der Waals surface area (Å²) >= 11 is 0. The predicted molar refractivity (Wildman–Crippen MR) is 137 cm³/mol. The number of anilines is 1. The second-order valence-electron chi connectivity index (χ2n) is 10.9. The van der Waals surface area contributed by atoms with Crippen molar-refractivity contribution < 1.29 is 4.79 Å². The van der Waals surface area contributed by atoms with Gasteiger partial charge in [-0.15, -0.1) is 0 Å². The quantitative estimate of drug-likeness (QED) is 0.576. The van der Waals surface area contributed by atoms with Crippen LogP contribution in [0.1, 0.15) is 49.5 Å². The number of aromatic nitrogens is 3. The molecule has 5 rings (SSSR count). The van der Waals surface area contributed by atoms with Crippen molar-refractivity contribution in [3.8, 4) is 11.3 Å². The molecule has 0 spiro atoms. The lowest BCUT2D eigenvalue weighted by Gasteiger charge is -2.32. The van der Waals surface area contributed by atoms with Crippen LogP contribution in [-0.2, 0) is 6.54 Å². The summed E-state index contributed by atoms with van der Waals surface area (Å²) in [6.45, 7) is 13.4. The average Bonchev–Trinajstić information content (AvgIpc) is 3.49. The van der Waals surface area contributed by atoms with E-state index >= 15 is 0 Å². The lowest BCUT2D eigenvalue weighted by Crippen LogP contribution is -2.43. The Morgan fingerprint density at radius 1 is 1.03 bits per heavy atom. The number of ketones is 1. The summed E-state index contributed by atoms with van der Waals surface area (Å²) in [5.41, 5.74) is 5.92. The molecule has 0 radical (unpaired) electrons. The van der Waals surface area contributed by atoms with Gasteiger partial charge in [0.15, 0.2) is 11.4 Å². The molecule has 2 fully saturated rings. The molecule has 7 heteroatoms. The molecule has 7 nitrogen and oxygen atoms in total. The molecule has 0 aliphatic carbocycles. The molecule has 180 valence electrons. The van der Waals surface area contributed by atoms with E-state index in [4.69, 9.17) is 4.98 Å². The minimum Gasteiger partial charge on any atom is -0.372 e. The van der Waals surface area contributed by atoms with Crippen LogP contribution in [0.25, 0.3) is 22.4 Å². The van der Waals surface area contributed by atoms with Crippen molar-refractivity contribution in [2.24, 2.45) is 5.41 Å². The SMILES string of the molecule is CN1CCN(Cc2cc(-c3cnc4[nH]cc(C(=O)C(C)(C)C)c4n3)cc(N3CCCC3)c2)CC1. The first-order chi connectivity index (χ1) is 16.3. The highest BCUT2D eigenvalue weighted by atomic mass is 16.1. The van der Waals surface area contributed by atoms with Gasteiger partial charge in [0, 0.05) is 68.7 Å². The first-order valence-corrected chi connectivity index (χ1v) is 12.5. The first-order valence-electron chi connectivity index (χ1n) is 12.5. The predicted octanol–water partition coefficient (Wildman–Crippen LogP) is 4.20. The molecule has 0 bridgehead atoms. The molecule has 2 aliphatic rings. The summed E-state index contributed by atoms with van der Waals surface area (Å²) in [5.74, 6) is 0.0757. The van der Waals surface area contributed by atoms with Gasteiger partial charge in [0.05, 0.1) is 17.5 Å². The van der Waals surface area contributed by atoms with Gasteiger partial charge in [0.25, 0.3) is 0 Å². The number of nitrogens with one attached hydrogen (secondary N) is 1. The van der Waals surface area contributed by atoms with Gasteiger partial charge < -0.3 is 14.8 Å². The van der Waals surface area contributed by atoms with Crippen molar-refractivity contribution in [1.29, 1.82) is 0 Å². The number of benzene rings is 1. The lowest BCUT2D eigenvalue weighted by molar-refractivity contribution is 0.0860. The molecule has 3 aromatic rings. The molecule has 0 amide bonds. The third-order valence-corrected chi connectivity index (χ3v) is 7.05. The van der Waals surface area contributed by atoms with Crippen LogP contribution < -0.4 is 4.90 Å². The van der Waals surface area contributed by atoms with Crippen molar-refractivity contribution in [2.45, 2.75) is 40.2 Å². The van der Waals surface area contributed by atoms with E-state index in [9.17, 15) is 4.79 Å². The number of rotatable bonds is 5. The fourth-order valence-electron chi connectivity index (χ4n) is 4.94. The summed E-state index contributed by atoms with van der Waals surface area (Å²) in [6.07, 6.45) is 6.06. The van der Waals surface area contributed by atoms with Crippen LogP contribution in [0.3, 0.4) is 0 Å². The molecule has 1 aromatic carbocycles. The van der Waals surface area contributed by atoms with Gasteiger partial charge in [-0.1, -0.05) is 20.8 Å². The molecule has 2 aliphatic heterocycles. The number of aromatic amines is 1. The highest BCUT2D eigenvalue weighted by Gasteiger charge is 2.26. The Labute approximate surface area is 202 Å². The van der Waals surface area contributed by atoms with Crippen molar-refractivity contribution in [3.63, 3.8) is 0 Å². The summed E-state index contributed by atoms with van der Waals surface area (Å²) in [7, 11) is 2.19. The molecule has 1 N–H and O–H groups in total. The second-order valence-corrected chi connectivity index (χ2v) is 10.9. The van der Waals surface area contributed by atoms with Gasteiger partial charge in [-0.2, -0.15) is 0 Å². The second kappa shape index (κ2) is 9.12. The normalized spacial score (nSPS) is 18.2. The van der Waals surface area contributed by atoms with Crippen molar-refractivity contribution in [1.82, 2.24) is 24.8 Å². The van der Waals surface area contributed by atoms with E-state index in [1.54, 1.807) is 6.20 Å². The maximum Gasteiger partial charge on any atom is 0.171 e. The van der Waals surface area contributed by atoms with E-state index in [-0.39, 0.29) is 5.78 Å². The van der Waals surface area contributed by atoms with E-state index < -0.39 is 5.41 Å². The Bertz CT molecular complexity index is 1180. The maximum absolute atomic E-state index is 13.0. The Morgan fingerprint density at radius 2 is 1.76 bits per heavy atom. The summed E-state index contributed by atoms with van der Waals surface area (Å²) in [4.78, 5) is 33.1. The zero-order chi connectivity index (χ0) is 23.9. The largest absolute Gasteiger partial charge is 0.372 e. The van der Waals surface area contributed by atoms with Crippen LogP contribution in [0.15, 0.2) is 30.6 Å². The minimum absolute atomic E-state index is 0.0757. The van der Waals surface area contributed by atoms with Gasteiger partial charge in [-0.25, -0.2) is 9.97 Å². The van der Waals surface area contributed by atoms with Gasteiger partial charge in [0.1, 0.15) is 5.52 Å². The highest BCUT2D eigenvalue weighted by molar-refractivity contribution is 6.08. The highest BCUT2D eigenvalue weighted by Crippen LogP contribution is 2.31. The Hall–Kier alpha value is -2.77. The number of H-pyrrole nitrogens is 1. The Balaban J connectivity index is 1.52. The van der Waals surface area contributed by atoms with Gasteiger partial charge in [-0.3, -0.25) is 9.69 Å².